The minimum Gasteiger partial charge on any atom is -0.351 e. The Kier molecular flexibility index (Phi) is 9.46. The number of piperidine rings is 2. The zero-order valence-electron chi connectivity index (χ0n) is 25.0. The van der Waals surface area contributed by atoms with Crippen molar-refractivity contribution < 1.29 is 9.18 Å². The molecule has 1 amide bonds. The standard InChI is InChI=1S/C34H43FN6O2/c35-30-24-36-34(38-32(30)26-8-7-11-29(23-26)41-18-5-2-12-31(41)42)37-28-10-6-9-27(22-28)33(43)40-20-14-25(15-21-40)13-19-39-16-3-1-4-17-39/h2,5,7-8,11-12,18,23-25,27-28H,1,3-4,6,9-10,13-17,19-22H2,(H,36,37,38)/t27-,28+/m1/s1. The number of nitrogens with zero attached hydrogens (tertiary/aromatic N) is 5. The van der Waals surface area contributed by atoms with Gasteiger partial charge in [-0.25, -0.2) is 14.4 Å². The molecule has 0 unspecified atom stereocenters. The van der Waals surface area contributed by atoms with E-state index in [-0.39, 0.29) is 29.1 Å². The number of rotatable bonds is 8. The number of hydrogen-bond acceptors (Lipinski definition) is 6. The maximum atomic E-state index is 14.9. The van der Waals surface area contributed by atoms with Crippen LogP contribution in [-0.2, 0) is 4.79 Å². The molecule has 0 radical (unpaired) electrons. The molecule has 0 bridgehead atoms. The summed E-state index contributed by atoms with van der Waals surface area (Å²) < 4.78 is 16.4. The third-order valence-electron chi connectivity index (χ3n) is 9.55. The molecule has 8 nitrogen and oxygen atoms in total. The summed E-state index contributed by atoms with van der Waals surface area (Å²) in [5.41, 5.74) is 1.21. The highest BCUT2D eigenvalue weighted by molar-refractivity contribution is 5.79. The van der Waals surface area contributed by atoms with E-state index in [1.54, 1.807) is 42.6 Å². The fraction of sp³-hybridized carbons (Fsp3) is 0.529. The van der Waals surface area contributed by atoms with Gasteiger partial charge in [0.25, 0.3) is 5.56 Å². The van der Waals surface area contributed by atoms with Crippen molar-refractivity contribution in [3.63, 3.8) is 0 Å². The fourth-order valence-electron chi connectivity index (χ4n) is 7.06. The van der Waals surface area contributed by atoms with Crippen LogP contribution in [0.3, 0.4) is 0 Å². The molecular formula is C34H43FN6O2. The summed E-state index contributed by atoms with van der Waals surface area (Å²) in [4.78, 5) is 39.3. The van der Waals surface area contributed by atoms with Gasteiger partial charge in [0.1, 0.15) is 5.69 Å². The highest BCUT2D eigenvalue weighted by Crippen LogP contribution is 2.31. The molecule has 228 valence electrons. The number of aromatic nitrogens is 3. The highest BCUT2D eigenvalue weighted by atomic mass is 19.1. The maximum absolute atomic E-state index is 14.9. The van der Waals surface area contributed by atoms with E-state index < -0.39 is 5.82 Å². The van der Waals surface area contributed by atoms with Gasteiger partial charge in [0.2, 0.25) is 11.9 Å². The van der Waals surface area contributed by atoms with E-state index in [1.807, 2.05) is 0 Å². The van der Waals surface area contributed by atoms with E-state index in [0.717, 1.165) is 57.5 Å². The fourth-order valence-corrected chi connectivity index (χ4v) is 7.06. The van der Waals surface area contributed by atoms with Crippen molar-refractivity contribution in [2.75, 3.05) is 38.0 Å². The van der Waals surface area contributed by atoms with Crippen LogP contribution < -0.4 is 10.9 Å². The van der Waals surface area contributed by atoms with E-state index in [2.05, 4.69) is 25.1 Å². The minimum absolute atomic E-state index is 0.00284. The first-order valence-corrected chi connectivity index (χ1v) is 16.1. The van der Waals surface area contributed by atoms with E-state index in [0.29, 0.717) is 17.2 Å². The molecule has 6 rings (SSSR count). The number of halogens is 1. The molecule has 3 aromatic rings. The molecule has 1 aromatic carbocycles. The Morgan fingerprint density at radius 1 is 0.953 bits per heavy atom. The van der Waals surface area contributed by atoms with Crippen LogP contribution in [0.5, 0.6) is 0 Å². The van der Waals surface area contributed by atoms with Crippen LogP contribution in [0.4, 0.5) is 10.3 Å². The smallest absolute Gasteiger partial charge is 0.255 e. The van der Waals surface area contributed by atoms with Gasteiger partial charge in [0.05, 0.1) is 6.20 Å². The zero-order valence-corrected chi connectivity index (χ0v) is 25.0. The first kappa shape index (κ1) is 29.5. The third-order valence-corrected chi connectivity index (χ3v) is 9.55. The van der Waals surface area contributed by atoms with E-state index in [4.69, 9.17) is 0 Å². The second kappa shape index (κ2) is 13.8. The lowest BCUT2D eigenvalue weighted by atomic mass is 9.84. The van der Waals surface area contributed by atoms with Gasteiger partial charge in [0, 0.05) is 48.6 Å². The molecule has 2 aliphatic heterocycles. The van der Waals surface area contributed by atoms with Gasteiger partial charge >= 0.3 is 0 Å². The third kappa shape index (κ3) is 7.32. The Labute approximate surface area is 253 Å². The molecular weight excluding hydrogens is 543 g/mol. The summed E-state index contributed by atoms with van der Waals surface area (Å²) >= 11 is 0. The van der Waals surface area contributed by atoms with Gasteiger partial charge in [-0.05, 0) is 95.1 Å². The van der Waals surface area contributed by atoms with Gasteiger partial charge in [-0.15, -0.1) is 0 Å². The second-order valence-corrected chi connectivity index (χ2v) is 12.5. The average molecular weight is 587 g/mol. The van der Waals surface area contributed by atoms with E-state index in [9.17, 15) is 14.0 Å². The predicted octanol–water partition coefficient (Wildman–Crippen LogP) is 5.52. The molecule has 3 aliphatic rings. The Morgan fingerprint density at radius 3 is 2.60 bits per heavy atom. The first-order valence-electron chi connectivity index (χ1n) is 16.1. The lowest BCUT2D eigenvalue weighted by Crippen LogP contribution is -2.44. The van der Waals surface area contributed by atoms with Crippen molar-refractivity contribution in [2.45, 2.75) is 70.3 Å². The maximum Gasteiger partial charge on any atom is 0.255 e. The summed E-state index contributed by atoms with van der Waals surface area (Å²) in [7, 11) is 0. The van der Waals surface area contributed by atoms with Gasteiger partial charge in [-0.3, -0.25) is 14.2 Å². The normalized spacial score (nSPS) is 21.9. The Balaban J connectivity index is 1.05. The van der Waals surface area contributed by atoms with Gasteiger partial charge < -0.3 is 15.1 Å². The number of pyridine rings is 1. The Hall–Kier alpha value is -3.59. The van der Waals surface area contributed by atoms with Crippen LogP contribution in [0, 0.1) is 17.7 Å². The zero-order chi connectivity index (χ0) is 29.6. The summed E-state index contributed by atoms with van der Waals surface area (Å²) in [5, 5.41) is 3.40. The van der Waals surface area contributed by atoms with Crippen molar-refractivity contribution in [1.29, 1.82) is 0 Å². The molecule has 1 N–H and O–H groups in total. The van der Waals surface area contributed by atoms with Gasteiger partial charge in [-0.1, -0.05) is 31.0 Å². The van der Waals surface area contributed by atoms with Crippen LogP contribution in [0.15, 0.2) is 59.7 Å². The van der Waals surface area contributed by atoms with Crippen LogP contribution in [0.1, 0.15) is 64.2 Å². The first-order chi connectivity index (χ1) is 21.0. The number of amides is 1. The SMILES string of the molecule is O=C([C@@H]1CCC[C@H](Nc2ncc(F)c(-c3cccc(-n4ccccc4=O)c3)n2)C1)N1CCC(CCN2CCCCC2)CC1. The number of nitrogens with one attached hydrogen (secondary N) is 1. The molecule has 2 atom stereocenters. The predicted molar refractivity (Wildman–Crippen MR) is 167 cm³/mol. The largest absolute Gasteiger partial charge is 0.351 e. The summed E-state index contributed by atoms with van der Waals surface area (Å²) in [5.74, 6) is 0.836. The summed E-state index contributed by atoms with van der Waals surface area (Å²) in [6, 6.07) is 12.1. The summed E-state index contributed by atoms with van der Waals surface area (Å²) in [6.45, 7) is 5.46. The lowest BCUT2D eigenvalue weighted by molar-refractivity contribution is -0.138. The van der Waals surface area contributed by atoms with E-state index in [1.165, 1.54) is 62.1 Å². The Morgan fingerprint density at radius 2 is 1.79 bits per heavy atom. The molecule has 0 spiro atoms. The quantitative estimate of drug-likeness (QED) is 0.374. The topological polar surface area (TPSA) is 83.4 Å². The number of hydrogen-bond donors (Lipinski definition) is 1. The van der Waals surface area contributed by atoms with Crippen LogP contribution in [-0.4, -0.2) is 69.0 Å². The number of benzene rings is 1. The molecule has 1 aliphatic carbocycles. The van der Waals surface area contributed by atoms with Gasteiger partial charge in [0.15, 0.2) is 5.82 Å². The van der Waals surface area contributed by atoms with Crippen LogP contribution in [0.25, 0.3) is 16.9 Å². The molecule has 9 heteroatoms. The molecule has 2 aromatic heterocycles. The van der Waals surface area contributed by atoms with Crippen molar-refractivity contribution in [2.24, 2.45) is 11.8 Å². The monoisotopic (exact) mass is 586 g/mol. The number of carbonyl (C=O) groups is 1. The minimum atomic E-state index is -0.529. The molecule has 3 fully saturated rings. The number of carbonyl (C=O) groups excluding carboxylic acids is 1. The van der Waals surface area contributed by atoms with E-state index >= 15 is 0 Å². The van der Waals surface area contributed by atoms with Crippen LogP contribution >= 0.6 is 0 Å². The average Bonchev–Trinajstić information content (AvgIpc) is 3.05. The number of likely N-dealkylation sites (tertiary alicyclic amines) is 2. The van der Waals surface area contributed by atoms with Crippen LogP contribution in [0.2, 0.25) is 0 Å². The van der Waals surface area contributed by atoms with Crippen molar-refractivity contribution >= 4 is 11.9 Å². The van der Waals surface area contributed by atoms with Gasteiger partial charge in [-0.2, -0.15) is 0 Å². The lowest BCUT2D eigenvalue weighted by Gasteiger charge is -2.37. The second-order valence-electron chi connectivity index (χ2n) is 12.5. The summed E-state index contributed by atoms with van der Waals surface area (Å²) in [6.07, 6.45) is 13.9. The molecule has 4 heterocycles. The molecule has 43 heavy (non-hydrogen) atoms. The highest BCUT2D eigenvalue weighted by Gasteiger charge is 2.32. The molecule has 2 saturated heterocycles. The van der Waals surface area contributed by atoms with Crippen molar-refractivity contribution in [3.8, 4) is 16.9 Å². The van der Waals surface area contributed by atoms with Crippen molar-refractivity contribution in [3.05, 3.63) is 71.0 Å². The number of anilines is 1. The molecule has 1 saturated carbocycles. The van der Waals surface area contributed by atoms with Crippen molar-refractivity contribution in [1.82, 2.24) is 24.3 Å². The Bertz CT molecular complexity index is 1450.